The molecule has 2 heterocycles. The predicted molar refractivity (Wildman–Crippen MR) is 126 cm³/mol. The number of ether oxygens (including phenoxy) is 1. The van der Waals surface area contributed by atoms with E-state index in [0.29, 0.717) is 18.5 Å². The molecule has 0 amide bonds. The highest BCUT2D eigenvalue weighted by Gasteiger charge is 2.22. The van der Waals surface area contributed by atoms with E-state index in [1.165, 1.54) is 5.56 Å². The quantitative estimate of drug-likeness (QED) is 0.452. The molecule has 1 aromatic carbocycles. The van der Waals surface area contributed by atoms with E-state index in [9.17, 15) is 0 Å². The van der Waals surface area contributed by atoms with Gasteiger partial charge in [-0.25, -0.2) is 9.98 Å². The monoisotopic (exact) mass is 426 g/mol. The fourth-order valence-electron chi connectivity index (χ4n) is 3.97. The first-order chi connectivity index (χ1) is 15.2. The SMILES string of the molecule is CCNC(=NCc1nccn1Cc1ccccc1)NCC(CC(C)C)N1CCOCC1. The second kappa shape index (κ2) is 12.5. The van der Waals surface area contributed by atoms with Crippen LogP contribution in [0, 0.1) is 5.92 Å². The molecule has 1 aliphatic rings. The molecular formula is C24H38N6O. The highest BCUT2D eigenvalue weighted by atomic mass is 16.5. The zero-order valence-corrected chi connectivity index (χ0v) is 19.3. The molecule has 0 saturated carbocycles. The van der Waals surface area contributed by atoms with Crippen LogP contribution in [0.2, 0.25) is 0 Å². The number of imidazole rings is 1. The third-order valence-electron chi connectivity index (χ3n) is 5.53. The standard InChI is InChI=1S/C24H38N6O/c1-4-25-24(27-17-22(16-20(2)3)29-12-14-31-15-13-29)28-18-23-26-10-11-30(23)19-21-8-6-5-7-9-21/h5-11,20,22H,4,12-19H2,1-3H3,(H2,25,27,28). The van der Waals surface area contributed by atoms with Crippen molar-refractivity contribution in [3.63, 3.8) is 0 Å². The maximum atomic E-state index is 5.55. The van der Waals surface area contributed by atoms with Gasteiger partial charge < -0.3 is 19.9 Å². The lowest BCUT2D eigenvalue weighted by Gasteiger charge is -2.35. The number of guanidine groups is 1. The summed E-state index contributed by atoms with van der Waals surface area (Å²) in [7, 11) is 0. The van der Waals surface area contributed by atoms with Crippen LogP contribution < -0.4 is 10.6 Å². The van der Waals surface area contributed by atoms with Gasteiger partial charge in [-0.05, 0) is 24.8 Å². The summed E-state index contributed by atoms with van der Waals surface area (Å²) in [4.78, 5) is 11.9. The average molecular weight is 427 g/mol. The molecular weight excluding hydrogens is 388 g/mol. The number of hydrogen-bond donors (Lipinski definition) is 2. The topological polar surface area (TPSA) is 66.7 Å². The summed E-state index contributed by atoms with van der Waals surface area (Å²) in [6.07, 6.45) is 5.04. The van der Waals surface area contributed by atoms with E-state index in [-0.39, 0.29) is 0 Å². The van der Waals surface area contributed by atoms with Crippen LogP contribution in [0.25, 0.3) is 0 Å². The maximum Gasteiger partial charge on any atom is 0.191 e. The van der Waals surface area contributed by atoms with Gasteiger partial charge in [0.1, 0.15) is 12.4 Å². The molecule has 1 fully saturated rings. The Kier molecular flexibility index (Phi) is 9.37. The summed E-state index contributed by atoms with van der Waals surface area (Å²) < 4.78 is 7.71. The van der Waals surface area contributed by atoms with Crippen molar-refractivity contribution in [1.82, 2.24) is 25.1 Å². The normalized spacial score (nSPS) is 16.5. The molecule has 2 N–H and O–H groups in total. The van der Waals surface area contributed by atoms with E-state index in [2.05, 4.69) is 70.1 Å². The second-order valence-corrected chi connectivity index (χ2v) is 8.46. The minimum atomic E-state index is 0.479. The Balaban J connectivity index is 1.61. The maximum absolute atomic E-state index is 5.55. The summed E-state index contributed by atoms with van der Waals surface area (Å²) in [5.74, 6) is 2.46. The second-order valence-electron chi connectivity index (χ2n) is 8.46. The van der Waals surface area contributed by atoms with Crippen molar-refractivity contribution in [1.29, 1.82) is 0 Å². The number of aromatic nitrogens is 2. The number of morpholine rings is 1. The Morgan fingerprint density at radius 1 is 1.16 bits per heavy atom. The third-order valence-corrected chi connectivity index (χ3v) is 5.53. The van der Waals surface area contributed by atoms with Crippen molar-refractivity contribution in [2.45, 2.75) is 46.3 Å². The van der Waals surface area contributed by atoms with E-state index in [4.69, 9.17) is 9.73 Å². The van der Waals surface area contributed by atoms with Gasteiger partial charge in [-0.2, -0.15) is 0 Å². The predicted octanol–water partition coefficient (Wildman–Crippen LogP) is 2.73. The summed E-state index contributed by atoms with van der Waals surface area (Å²) in [5.41, 5.74) is 1.26. The minimum Gasteiger partial charge on any atom is -0.379 e. The summed E-state index contributed by atoms with van der Waals surface area (Å²) in [6, 6.07) is 10.9. The van der Waals surface area contributed by atoms with Crippen molar-refractivity contribution >= 4 is 5.96 Å². The highest BCUT2D eigenvalue weighted by Crippen LogP contribution is 2.13. The van der Waals surface area contributed by atoms with Crippen LogP contribution in [0.1, 0.15) is 38.6 Å². The first kappa shape index (κ1) is 23.3. The molecule has 2 aromatic rings. The molecule has 0 bridgehead atoms. The zero-order chi connectivity index (χ0) is 21.9. The fraction of sp³-hybridized carbons (Fsp3) is 0.583. The molecule has 1 atom stereocenters. The smallest absolute Gasteiger partial charge is 0.191 e. The molecule has 3 rings (SSSR count). The van der Waals surface area contributed by atoms with Crippen LogP contribution in [0.5, 0.6) is 0 Å². The van der Waals surface area contributed by atoms with Crippen LogP contribution in [-0.4, -0.2) is 65.8 Å². The first-order valence-corrected chi connectivity index (χ1v) is 11.5. The van der Waals surface area contributed by atoms with Gasteiger partial charge in [0.2, 0.25) is 0 Å². The first-order valence-electron chi connectivity index (χ1n) is 11.5. The third kappa shape index (κ3) is 7.67. The van der Waals surface area contributed by atoms with Crippen molar-refractivity contribution in [3.05, 3.63) is 54.1 Å². The molecule has 1 unspecified atom stereocenters. The van der Waals surface area contributed by atoms with Crippen LogP contribution in [0.4, 0.5) is 0 Å². The molecule has 0 aliphatic carbocycles. The number of aliphatic imine (C=N–C) groups is 1. The van der Waals surface area contributed by atoms with Gasteiger partial charge in [0.25, 0.3) is 0 Å². The number of hydrogen-bond acceptors (Lipinski definition) is 4. The molecule has 170 valence electrons. The lowest BCUT2D eigenvalue weighted by Crippen LogP contribution is -2.51. The van der Waals surface area contributed by atoms with Crippen LogP contribution in [0.3, 0.4) is 0 Å². The van der Waals surface area contributed by atoms with Crippen LogP contribution in [0.15, 0.2) is 47.7 Å². The van der Waals surface area contributed by atoms with Gasteiger partial charge in [0.15, 0.2) is 5.96 Å². The van der Waals surface area contributed by atoms with Gasteiger partial charge in [-0.3, -0.25) is 4.90 Å². The largest absolute Gasteiger partial charge is 0.379 e. The van der Waals surface area contributed by atoms with Gasteiger partial charge in [0, 0.05) is 51.2 Å². The summed E-state index contributed by atoms with van der Waals surface area (Å²) in [6.45, 7) is 13.4. The van der Waals surface area contributed by atoms with E-state index in [0.717, 1.165) is 64.1 Å². The molecule has 7 heteroatoms. The fourth-order valence-corrected chi connectivity index (χ4v) is 3.97. The Morgan fingerprint density at radius 3 is 2.65 bits per heavy atom. The molecule has 7 nitrogen and oxygen atoms in total. The zero-order valence-electron chi connectivity index (χ0n) is 19.3. The van der Waals surface area contributed by atoms with Gasteiger partial charge in [-0.1, -0.05) is 44.2 Å². The number of nitrogens with one attached hydrogen (secondary N) is 2. The molecule has 1 aromatic heterocycles. The highest BCUT2D eigenvalue weighted by molar-refractivity contribution is 5.79. The van der Waals surface area contributed by atoms with E-state index in [1.807, 2.05) is 18.5 Å². The summed E-state index contributed by atoms with van der Waals surface area (Å²) in [5, 5.41) is 6.96. The van der Waals surface area contributed by atoms with Crippen molar-refractivity contribution in [2.75, 3.05) is 39.4 Å². The van der Waals surface area contributed by atoms with Crippen LogP contribution in [-0.2, 0) is 17.8 Å². The summed E-state index contributed by atoms with van der Waals surface area (Å²) >= 11 is 0. The van der Waals surface area contributed by atoms with Crippen molar-refractivity contribution in [2.24, 2.45) is 10.9 Å². The molecule has 31 heavy (non-hydrogen) atoms. The molecule has 1 saturated heterocycles. The lowest BCUT2D eigenvalue weighted by atomic mass is 10.0. The Bertz CT molecular complexity index is 782. The average Bonchev–Trinajstić information content (AvgIpc) is 3.22. The Hall–Kier alpha value is -2.38. The number of nitrogens with zero attached hydrogens (tertiary/aromatic N) is 4. The van der Waals surface area contributed by atoms with Gasteiger partial charge >= 0.3 is 0 Å². The van der Waals surface area contributed by atoms with E-state index in [1.54, 1.807) is 0 Å². The number of rotatable bonds is 10. The van der Waals surface area contributed by atoms with Crippen molar-refractivity contribution < 1.29 is 4.74 Å². The lowest BCUT2D eigenvalue weighted by molar-refractivity contribution is 0.0132. The Labute approximate surface area is 186 Å². The number of benzene rings is 1. The van der Waals surface area contributed by atoms with E-state index < -0.39 is 0 Å². The molecule has 0 radical (unpaired) electrons. The molecule has 1 aliphatic heterocycles. The Morgan fingerprint density at radius 2 is 1.94 bits per heavy atom. The van der Waals surface area contributed by atoms with Gasteiger partial charge in [0.05, 0.1) is 13.2 Å². The molecule has 0 spiro atoms. The van der Waals surface area contributed by atoms with Crippen LogP contribution >= 0.6 is 0 Å². The minimum absolute atomic E-state index is 0.479. The van der Waals surface area contributed by atoms with Gasteiger partial charge in [-0.15, -0.1) is 0 Å². The van der Waals surface area contributed by atoms with E-state index >= 15 is 0 Å². The van der Waals surface area contributed by atoms with Crippen molar-refractivity contribution in [3.8, 4) is 0 Å².